The zero-order chi connectivity index (χ0) is 12.3. The van der Waals surface area contributed by atoms with Gasteiger partial charge in [0.05, 0.1) is 0 Å². The first-order chi connectivity index (χ1) is 8.36. The molecule has 1 aromatic rings. The highest BCUT2D eigenvalue weighted by Crippen LogP contribution is 2.03. The Kier molecular flexibility index (Phi) is 7.63. The molecule has 17 heavy (non-hydrogen) atoms. The van der Waals surface area contributed by atoms with E-state index in [2.05, 4.69) is 29.6 Å². The predicted molar refractivity (Wildman–Crippen MR) is 71.6 cm³/mol. The van der Waals surface area contributed by atoms with E-state index < -0.39 is 0 Å². The number of aliphatic hydroxyl groups is 1. The van der Waals surface area contributed by atoms with Crippen molar-refractivity contribution in [2.75, 3.05) is 13.2 Å². The van der Waals surface area contributed by atoms with Gasteiger partial charge in [0.1, 0.15) is 0 Å². The van der Waals surface area contributed by atoms with Gasteiger partial charge in [-0.05, 0) is 30.5 Å². The van der Waals surface area contributed by atoms with E-state index in [1.807, 2.05) is 0 Å². The molecule has 0 saturated carbocycles. The van der Waals surface area contributed by atoms with Crippen molar-refractivity contribution in [2.45, 2.75) is 38.8 Å². The van der Waals surface area contributed by atoms with Crippen LogP contribution in [-0.4, -0.2) is 18.3 Å². The zero-order valence-electron chi connectivity index (χ0n) is 10.5. The van der Waals surface area contributed by atoms with Crippen molar-refractivity contribution < 1.29 is 5.11 Å². The third kappa shape index (κ3) is 6.41. The molecule has 0 bridgehead atoms. The molecule has 1 rings (SSSR count). The number of aliphatic hydroxyl groups excluding tert-OH is 1. The molecule has 3 nitrogen and oxygen atoms in total. The van der Waals surface area contributed by atoms with E-state index in [-0.39, 0.29) is 0 Å². The van der Waals surface area contributed by atoms with Gasteiger partial charge in [-0.1, -0.05) is 37.1 Å². The average Bonchev–Trinajstić information content (AvgIpc) is 2.38. The van der Waals surface area contributed by atoms with Gasteiger partial charge in [0, 0.05) is 19.7 Å². The van der Waals surface area contributed by atoms with Gasteiger partial charge in [0.25, 0.3) is 0 Å². The van der Waals surface area contributed by atoms with E-state index in [4.69, 9.17) is 10.8 Å². The minimum atomic E-state index is 0.320. The van der Waals surface area contributed by atoms with Gasteiger partial charge in [0.2, 0.25) is 0 Å². The monoisotopic (exact) mass is 236 g/mol. The molecule has 0 radical (unpaired) electrons. The maximum atomic E-state index is 8.64. The number of benzene rings is 1. The number of hydrogen-bond acceptors (Lipinski definition) is 3. The van der Waals surface area contributed by atoms with Crippen LogP contribution in [0.1, 0.15) is 36.8 Å². The number of unbranched alkanes of at least 4 members (excludes halogenated alkanes) is 3. The van der Waals surface area contributed by atoms with Crippen molar-refractivity contribution in [1.82, 2.24) is 5.32 Å². The summed E-state index contributed by atoms with van der Waals surface area (Å²) in [5.41, 5.74) is 8.03. The molecule has 0 aliphatic rings. The molecule has 0 fully saturated rings. The van der Waals surface area contributed by atoms with Crippen LogP contribution in [0, 0.1) is 0 Å². The van der Waals surface area contributed by atoms with Crippen molar-refractivity contribution >= 4 is 0 Å². The number of nitrogens with two attached hydrogens (primary N) is 1. The molecule has 4 N–H and O–H groups in total. The van der Waals surface area contributed by atoms with Crippen LogP contribution in [-0.2, 0) is 13.1 Å². The van der Waals surface area contributed by atoms with Gasteiger partial charge in [-0.2, -0.15) is 0 Å². The molecule has 0 atom stereocenters. The summed E-state index contributed by atoms with van der Waals surface area (Å²) in [6.45, 7) is 2.90. The molecule has 1 aromatic carbocycles. The van der Waals surface area contributed by atoms with Crippen LogP contribution in [0.5, 0.6) is 0 Å². The number of rotatable bonds is 9. The van der Waals surface area contributed by atoms with E-state index in [9.17, 15) is 0 Å². The first-order valence-electron chi connectivity index (χ1n) is 6.46. The predicted octanol–water partition coefficient (Wildman–Crippen LogP) is 1.79. The summed E-state index contributed by atoms with van der Waals surface area (Å²) < 4.78 is 0. The van der Waals surface area contributed by atoms with Crippen LogP contribution < -0.4 is 11.1 Å². The van der Waals surface area contributed by atoms with Crippen LogP contribution >= 0.6 is 0 Å². The van der Waals surface area contributed by atoms with Gasteiger partial charge in [0.15, 0.2) is 0 Å². The third-order valence-corrected chi connectivity index (χ3v) is 2.85. The highest BCUT2D eigenvalue weighted by atomic mass is 16.2. The maximum Gasteiger partial charge on any atom is 0.0431 e. The third-order valence-electron chi connectivity index (χ3n) is 2.85. The Morgan fingerprint density at radius 1 is 0.941 bits per heavy atom. The summed E-state index contributed by atoms with van der Waals surface area (Å²) in [5, 5.41) is 12.1. The second-order valence-electron chi connectivity index (χ2n) is 4.34. The van der Waals surface area contributed by atoms with Crippen molar-refractivity contribution in [3.05, 3.63) is 35.4 Å². The fourth-order valence-corrected chi connectivity index (χ4v) is 1.74. The van der Waals surface area contributed by atoms with Crippen LogP contribution in [0.4, 0.5) is 0 Å². The van der Waals surface area contributed by atoms with E-state index >= 15 is 0 Å². The highest BCUT2D eigenvalue weighted by molar-refractivity contribution is 5.22. The van der Waals surface area contributed by atoms with E-state index in [1.165, 1.54) is 24.0 Å². The molecule has 96 valence electrons. The van der Waals surface area contributed by atoms with Crippen LogP contribution in [0.15, 0.2) is 24.3 Å². The van der Waals surface area contributed by atoms with Crippen molar-refractivity contribution in [2.24, 2.45) is 5.73 Å². The summed E-state index contributed by atoms with van der Waals surface area (Å²) in [4.78, 5) is 0. The summed E-state index contributed by atoms with van der Waals surface area (Å²) in [6, 6.07) is 8.42. The molecule has 0 aliphatic heterocycles. The molecule has 0 unspecified atom stereocenters. The molecule has 3 heteroatoms. The molecule has 0 heterocycles. The minimum Gasteiger partial charge on any atom is -0.396 e. The molecule has 0 amide bonds. The lowest BCUT2D eigenvalue weighted by Gasteiger charge is -2.05. The quantitative estimate of drug-likeness (QED) is 0.573. The van der Waals surface area contributed by atoms with E-state index in [0.717, 1.165) is 25.9 Å². The normalized spacial score (nSPS) is 10.7. The van der Waals surface area contributed by atoms with Crippen LogP contribution in [0.3, 0.4) is 0 Å². The lowest BCUT2D eigenvalue weighted by molar-refractivity contribution is 0.282. The van der Waals surface area contributed by atoms with Gasteiger partial charge < -0.3 is 16.2 Å². The Morgan fingerprint density at radius 3 is 2.24 bits per heavy atom. The van der Waals surface area contributed by atoms with E-state index in [1.54, 1.807) is 0 Å². The Morgan fingerprint density at radius 2 is 1.59 bits per heavy atom. The topological polar surface area (TPSA) is 58.3 Å². The fourth-order valence-electron chi connectivity index (χ4n) is 1.74. The van der Waals surface area contributed by atoms with Crippen molar-refractivity contribution in [3.8, 4) is 0 Å². The Balaban J connectivity index is 2.05. The van der Waals surface area contributed by atoms with Crippen LogP contribution in [0.2, 0.25) is 0 Å². The molecule has 0 spiro atoms. The molecule has 0 saturated heterocycles. The number of hydrogen-bond donors (Lipinski definition) is 3. The van der Waals surface area contributed by atoms with Gasteiger partial charge in [-0.15, -0.1) is 0 Å². The Bertz CT molecular complexity index is 285. The van der Waals surface area contributed by atoms with Crippen molar-refractivity contribution in [3.63, 3.8) is 0 Å². The largest absolute Gasteiger partial charge is 0.396 e. The lowest BCUT2D eigenvalue weighted by atomic mass is 10.1. The zero-order valence-corrected chi connectivity index (χ0v) is 10.5. The molecular weight excluding hydrogens is 212 g/mol. The van der Waals surface area contributed by atoms with Crippen LogP contribution in [0.25, 0.3) is 0 Å². The minimum absolute atomic E-state index is 0.320. The first kappa shape index (κ1) is 14.2. The maximum absolute atomic E-state index is 8.64. The van der Waals surface area contributed by atoms with Gasteiger partial charge >= 0.3 is 0 Å². The average molecular weight is 236 g/mol. The molecule has 0 aromatic heterocycles. The Labute approximate surface area is 104 Å². The summed E-state index contributed by atoms with van der Waals surface area (Å²) in [6.07, 6.45) is 4.44. The smallest absolute Gasteiger partial charge is 0.0431 e. The van der Waals surface area contributed by atoms with Gasteiger partial charge in [-0.3, -0.25) is 0 Å². The SMILES string of the molecule is NCc1ccc(CNCCCCCCO)cc1. The summed E-state index contributed by atoms with van der Waals surface area (Å²) in [7, 11) is 0. The lowest BCUT2D eigenvalue weighted by Crippen LogP contribution is -2.14. The van der Waals surface area contributed by atoms with Crippen molar-refractivity contribution in [1.29, 1.82) is 0 Å². The first-order valence-corrected chi connectivity index (χ1v) is 6.46. The summed E-state index contributed by atoms with van der Waals surface area (Å²) in [5.74, 6) is 0. The summed E-state index contributed by atoms with van der Waals surface area (Å²) >= 11 is 0. The highest BCUT2D eigenvalue weighted by Gasteiger charge is 1.94. The fraction of sp³-hybridized carbons (Fsp3) is 0.571. The standard InChI is InChI=1S/C14H24N2O/c15-11-13-5-7-14(8-6-13)12-16-9-3-1-2-4-10-17/h5-8,16-17H,1-4,9-12,15H2. The second-order valence-corrected chi connectivity index (χ2v) is 4.34. The molecular formula is C14H24N2O. The second kappa shape index (κ2) is 9.16. The Hall–Kier alpha value is -0.900. The molecule has 0 aliphatic carbocycles. The number of nitrogens with one attached hydrogen (secondary N) is 1. The van der Waals surface area contributed by atoms with Gasteiger partial charge in [-0.25, -0.2) is 0 Å². The van der Waals surface area contributed by atoms with E-state index in [0.29, 0.717) is 13.2 Å².